The molecular formula is C12H15N3O5. The summed E-state index contributed by atoms with van der Waals surface area (Å²) in [5, 5.41) is 25.4. The highest BCUT2D eigenvalue weighted by Crippen LogP contribution is 2.28. The van der Waals surface area contributed by atoms with Crippen LogP contribution in [0.4, 0.5) is 5.69 Å². The summed E-state index contributed by atoms with van der Waals surface area (Å²) in [5.74, 6) is 0.184. The number of ether oxygens (including phenoxy) is 2. The van der Waals surface area contributed by atoms with E-state index in [1.807, 2.05) is 0 Å². The van der Waals surface area contributed by atoms with Crippen molar-refractivity contribution in [1.82, 2.24) is 0 Å². The highest BCUT2D eigenvalue weighted by molar-refractivity contribution is 6.68. The molecule has 1 amide bonds. The van der Waals surface area contributed by atoms with Crippen molar-refractivity contribution in [1.29, 1.82) is 0 Å². The van der Waals surface area contributed by atoms with Crippen molar-refractivity contribution in [2.45, 2.75) is 6.92 Å². The molecule has 0 spiro atoms. The van der Waals surface area contributed by atoms with E-state index in [1.165, 1.54) is 21.1 Å². The molecule has 0 fully saturated rings. The van der Waals surface area contributed by atoms with Gasteiger partial charge in [0.1, 0.15) is 17.2 Å². The summed E-state index contributed by atoms with van der Waals surface area (Å²) in [6.07, 6.45) is 0. The summed E-state index contributed by atoms with van der Waals surface area (Å²) in [4.78, 5) is 11.9. The van der Waals surface area contributed by atoms with Gasteiger partial charge in [0.2, 0.25) is 0 Å². The first kappa shape index (κ1) is 15.3. The summed E-state index contributed by atoms with van der Waals surface area (Å²) in [6.45, 7) is 1.32. The van der Waals surface area contributed by atoms with Crippen LogP contribution in [-0.4, -0.2) is 42.0 Å². The van der Waals surface area contributed by atoms with E-state index in [2.05, 4.69) is 15.6 Å². The van der Waals surface area contributed by atoms with Gasteiger partial charge in [-0.1, -0.05) is 10.3 Å². The molecule has 0 heterocycles. The Hall–Kier alpha value is -2.77. The predicted molar refractivity (Wildman–Crippen MR) is 72.3 cm³/mol. The Balaban J connectivity index is 3.01. The maximum absolute atomic E-state index is 11.9. The Bertz CT molecular complexity index is 554. The van der Waals surface area contributed by atoms with E-state index in [9.17, 15) is 4.79 Å². The van der Waals surface area contributed by atoms with Gasteiger partial charge in [-0.15, -0.1) is 0 Å². The number of methoxy groups -OCH3 is 2. The molecule has 0 aliphatic carbocycles. The van der Waals surface area contributed by atoms with Gasteiger partial charge in [0.05, 0.1) is 19.9 Å². The molecule has 1 aromatic carbocycles. The number of benzene rings is 1. The molecule has 0 radical (unpaired) electrons. The molecule has 20 heavy (non-hydrogen) atoms. The maximum atomic E-state index is 11.9. The van der Waals surface area contributed by atoms with Crippen molar-refractivity contribution in [3.05, 3.63) is 18.2 Å². The molecule has 0 bridgehead atoms. The fourth-order valence-electron chi connectivity index (χ4n) is 1.41. The zero-order chi connectivity index (χ0) is 15.1. The van der Waals surface area contributed by atoms with Gasteiger partial charge in [0.25, 0.3) is 5.91 Å². The number of carbonyl (C=O) groups is 1. The number of hydrogen-bond donors (Lipinski definition) is 3. The number of nitrogens with one attached hydrogen (secondary N) is 1. The fraction of sp³-hybridized carbons (Fsp3) is 0.250. The zero-order valence-electron chi connectivity index (χ0n) is 11.2. The van der Waals surface area contributed by atoms with E-state index in [0.717, 1.165) is 0 Å². The molecule has 8 heteroatoms. The minimum absolute atomic E-state index is 0.127. The lowest BCUT2D eigenvalue weighted by atomic mass is 10.2. The van der Waals surface area contributed by atoms with E-state index in [4.69, 9.17) is 19.9 Å². The van der Waals surface area contributed by atoms with Crippen molar-refractivity contribution < 1.29 is 24.7 Å². The zero-order valence-corrected chi connectivity index (χ0v) is 11.2. The third-order valence-electron chi connectivity index (χ3n) is 2.46. The molecule has 1 rings (SSSR count). The van der Waals surface area contributed by atoms with Crippen LogP contribution in [0.5, 0.6) is 11.5 Å². The van der Waals surface area contributed by atoms with E-state index in [0.29, 0.717) is 17.2 Å². The Morgan fingerprint density at radius 1 is 1.20 bits per heavy atom. The largest absolute Gasteiger partial charge is 0.497 e. The summed E-state index contributed by atoms with van der Waals surface area (Å²) in [6, 6.07) is 4.77. The topological polar surface area (TPSA) is 113 Å². The van der Waals surface area contributed by atoms with Crippen molar-refractivity contribution in [2.75, 3.05) is 19.5 Å². The Labute approximate surface area is 115 Å². The lowest BCUT2D eigenvalue weighted by Gasteiger charge is -2.11. The fourth-order valence-corrected chi connectivity index (χ4v) is 1.41. The number of hydrogen-bond acceptors (Lipinski definition) is 7. The van der Waals surface area contributed by atoms with Crippen LogP contribution in [0.3, 0.4) is 0 Å². The van der Waals surface area contributed by atoms with Gasteiger partial charge in [-0.05, 0) is 19.1 Å². The van der Waals surface area contributed by atoms with Crippen LogP contribution in [0.1, 0.15) is 6.92 Å². The number of oxime groups is 2. The molecule has 0 aliphatic heterocycles. The van der Waals surface area contributed by atoms with Crippen LogP contribution in [0.2, 0.25) is 0 Å². The maximum Gasteiger partial charge on any atom is 0.279 e. The van der Waals surface area contributed by atoms with Crippen LogP contribution >= 0.6 is 0 Å². The number of anilines is 1. The smallest absolute Gasteiger partial charge is 0.279 e. The average Bonchev–Trinajstić information content (AvgIpc) is 2.48. The Morgan fingerprint density at radius 3 is 2.40 bits per heavy atom. The third kappa shape index (κ3) is 3.37. The van der Waals surface area contributed by atoms with Gasteiger partial charge >= 0.3 is 0 Å². The molecule has 0 atom stereocenters. The summed E-state index contributed by atoms with van der Waals surface area (Å²) in [7, 11) is 2.94. The van der Waals surface area contributed by atoms with Crippen LogP contribution in [0, 0.1) is 0 Å². The van der Waals surface area contributed by atoms with E-state index >= 15 is 0 Å². The molecule has 1 aromatic rings. The summed E-state index contributed by atoms with van der Waals surface area (Å²) in [5.41, 5.74) is -0.187. The lowest BCUT2D eigenvalue weighted by Crippen LogP contribution is -2.28. The number of carbonyl (C=O) groups excluding carboxylic acids is 1. The SMILES string of the molecule is COc1ccc(NC(=O)C(=N\O)/C(C)=N/O)c(OC)c1. The molecule has 0 saturated carbocycles. The molecule has 0 unspecified atom stereocenters. The molecular weight excluding hydrogens is 266 g/mol. The number of rotatable bonds is 5. The van der Waals surface area contributed by atoms with Gasteiger partial charge in [-0.3, -0.25) is 4.79 Å². The summed E-state index contributed by atoms with van der Waals surface area (Å²) >= 11 is 0. The van der Waals surface area contributed by atoms with E-state index < -0.39 is 11.6 Å². The molecule has 0 aromatic heterocycles. The van der Waals surface area contributed by atoms with Crippen molar-refractivity contribution >= 4 is 23.0 Å². The van der Waals surface area contributed by atoms with Crippen LogP contribution in [0.25, 0.3) is 0 Å². The van der Waals surface area contributed by atoms with Crippen molar-refractivity contribution in [3.8, 4) is 11.5 Å². The third-order valence-corrected chi connectivity index (χ3v) is 2.46. The van der Waals surface area contributed by atoms with Crippen LogP contribution in [0.15, 0.2) is 28.5 Å². The standard InChI is InChI=1S/C12H15N3O5/c1-7(14-17)11(15-18)12(16)13-9-5-4-8(19-2)6-10(9)20-3/h4-6,17-18H,1-3H3,(H,13,16)/b14-7+,15-11-. The van der Waals surface area contributed by atoms with Crippen LogP contribution in [-0.2, 0) is 4.79 Å². The van der Waals surface area contributed by atoms with E-state index in [1.54, 1.807) is 18.2 Å². The number of nitrogens with zero attached hydrogens (tertiary/aromatic N) is 2. The van der Waals surface area contributed by atoms with Gasteiger partial charge in [0, 0.05) is 6.07 Å². The van der Waals surface area contributed by atoms with Gasteiger partial charge in [-0.2, -0.15) is 0 Å². The highest BCUT2D eigenvalue weighted by atomic mass is 16.5. The molecule has 108 valence electrons. The second-order valence-electron chi connectivity index (χ2n) is 3.65. The first-order valence-electron chi connectivity index (χ1n) is 5.51. The molecule has 0 aliphatic rings. The van der Waals surface area contributed by atoms with Gasteiger partial charge < -0.3 is 25.2 Å². The lowest BCUT2D eigenvalue weighted by molar-refractivity contribution is -0.110. The van der Waals surface area contributed by atoms with Crippen LogP contribution < -0.4 is 14.8 Å². The van der Waals surface area contributed by atoms with Crippen molar-refractivity contribution in [2.24, 2.45) is 10.3 Å². The number of amides is 1. The minimum atomic E-state index is -0.744. The monoisotopic (exact) mass is 281 g/mol. The van der Waals surface area contributed by atoms with Crippen molar-refractivity contribution in [3.63, 3.8) is 0 Å². The van der Waals surface area contributed by atoms with E-state index in [-0.39, 0.29) is 5.71 Å². The highest BCUT2D eigenvalue weighted by Gasteiger charge is 2.18. The van der Waals surface area contributed by atoms with Gasteiger partial charge in [-0.25, -0.2) is 0 Å². The Morgan fingerprint density at radius 2 is 1.90 bits per heavy atom. The predicted octanol–water partition coefficient (Wildman–Crippen LogP) is 1.32. The molecule has 3 N–H and O–H groups in total. The molecule has 0 saturated heterocycles. The first-order chi connectivity index (χ1) is 9.57. The average molecular weight is 281 g/mol. The first-order valence-corrected chi connectivity index (χ1v) is 5.51. The second kappa shape index (κ2) is 6.98. The second-order valence-corrected chi connectivity index (χ2v) is 3.65. The van der Waals surface area contributed by atoms with Gasteiger partial charge in [0.15, 0.2) is 5.71 Å². The quantitative estimate of drug-likeness (QED) is 0.428. The normalized spacial score (nSPS) is 11.9. The summed E-state index contributed by atoms with van der Waals surface area (Å²) < 4.78 is 10.1. The minimum Gasteiger partial charge on any atom is -0.497 e. The molecule has 8 nitrogen and oxygen atoms in total. The Kier molecular flexibility index (Phi) is 5.33.